The van der Waals surface area contributed by atoms with Gasteiger partial charge in [-0.1, -0.05) is 26.0 Å². The van der Waals surface area contributed by atoms with Crippen LogP contribution in [0.2, 0.25) is 0 Å². The number of hydrogen-bond acceptors (Lipinski definition) is 5. The van der Waals surface area contributed by atoms with Crippen LogP contribution in [0.5, 0.6) is 0 Å². The van der Waals surface area contributed by atoms with Crippen molar-refractivity contribution >= 4 is 29.1 Å². The summed E-state index contributed by atoms with van der Waals surface area (Å²) in [6, 6.07) is 13.2. The maximum Gasteiger partial charge on any atom is 0.254 e. The number of benzene rings is 2. The third-order valence-corrected chi connectivity index (χ3v) is 5.19. The molecule has 1 aromatic heterocycles. The molecule has 0 unspecified atom stereocenters. The molecule has 4 rings (SSSR count). The number of aromatic amines is 1. The number of hydrogen-bond donors (Lipinski definition) is 4. The molecule has 32 heavy (non-hydrogen) atoms. The van der Waals surface area contributed by atoms with Gasteiger partial charge in [-0.25, -0.2) is 4.98 Å². The maximum atomic E-state index is 12.4. The van der Waals surface area contributed by atoms with Crippen LogP contribution in [0.4, 0.5) is 11.4 Å². The Hall–Kier alpha value is -4.01. The highest BCUT2D eigenvalue weighted by Gasteiger charge is 2.27. The number of fused-ring (bicyclic) bond motifs is 1. The van der Waals surface area contributed by atoms with Crippen LogP contribution in [0.25, 0.3) is 11.4 Å². The van der Waals surface area contributed by atoms with Gasteiger partial charge in [0.25, 0.3) is 5.91 Å². The minimum atomic E-state index is -0.788. The van der Waals surface area contributed by atoms with Crippen molar-refractivity contribution in [1.82, 2.24) is 20.5 Å². The Bertz CT molecular complexity index is 1150. The molecule has 2 heterocycles. The van der Waals surface area contributed by atoms with E-state index in [4.69, 9.17) is 0 Å². The first kappa shape index (κ1) is 21.2. The summed E-state index contributed by atoms with van der Waals surface area (Å²) in [6.07, 6.45) is 0.264. The van der Waals surface area contributed by atoms with E-state index in [-0.39, 0.29) is 36.5 Å². The summed E-state index contributed by atoms with van der Waals surface area (Å²) in [6.45, 7) is 4.07. The van der Waals surface area contributed by atoms with Crippen LogP contribution >= 0.6 is 0 Å². The number of H-pyrrole nitrogens is 1. The van der Waals surface area contributed by atoms with Gasteiger partial charge in [0.1, 0.15) is 11.9 Å². The quantitative estimate of drug-likeness (QED) is 0.476. The van der Waals surface area contributed by atoms with Crippen molar-refractivity contribution in [1.29, 1.82) is 0 Å². The molecule has 1 atom stereocenters. The Balaban J connectivity index is 1.33. The number of nitrogens with one attached hydrogen (secondary N) is 4. The minimum absolute atomic E-state index is 0.0785. The summed E-state index contributed by atoms with van der Waals surface area (Å²) in [5.41, 5.74) is 2.33. The van der Waals surface area contributed by atoms with Crippen molar-refractivity contribution in [2.45, 2.75) is 38.6 Å². The molecule has 0 radical (unpaired) electrons. The summed E-state index contributed by atoms with van der Waals surface area (Å²) in [5.74, 6) is 0.740. The lowest BCUT2D eigenvalue weighted by atomic mass is 10.1. The highest BCUT2D eigenvalue weighted by Crippen LogP contribution is 2.21. The third kappa shape index (κ3) is 4.66. The number of aromatic nitrogens is 3. The van der Waals surface area contributed by atoms with Gasteiger partial charge in [-0.05, 0) is 42.8 Å². The third-order valence-electron chi connectivity index (χ3n) is 5.19. The van der Waals surface area contributed by atoms with E-state index in [0.717, 1.165) is 11.4 Å². The fourth-order valence-corrected chi connectivity index (χ4v) is 3.38. The Kier molecular flexibility index (Phi) is 5.98. The summed E-state index contributed by atoms with van der Waals surface area (Å²) < 4.78 is 0. The number of amides is 3. The van der Waals surface area contributed by atoms with E-state index < -0.39 is 6.04 Å². The summed E-state index contributed by atoms with van der Waals surface area (Å²) >= 11 is 0. The van der Waals surface area contributed by atoms with Crippen LogP contribution in [0.15, 0.2) is 48.5 Å². The van der Waals surface area contributed by atoms with Crippen LogP contribution in [0, 0.1) is 0 Å². The largest absolute Gasteiger partial charge is 0.340 e. The number of carbonyl (C=O) groups is 3. The van der Waals surface area contributed by atoms with Crippen LogP contribution in [-0.2, 0) is 9.59 Å². The van der Waals surface area contributed by atoms with Crippen LogP contribution in [-0.4, -0.2) is 38.9 Å². The molecule has 0 fully saturated rings. The van der Waals surface area contributed by atoms with Gasteiger partial charge in [0, 0.05) is 23.6 Å². The zero-order chi connectivity index (χ0) is 22.7. The summed E-state index contributed by atoms with van der Waals surface area (Å²) in [4.78, 5) is 41.7. The number of rotatable bonds is 6. The lowest BCUT2D eigenvalue weighted by Crippen LogP contribution is -2.41. The smallest absolute Gasteiger partial charge is 0.254 e. The van der Waals surface area contributed by atoms with Gasteiger partial charge in [0.15, 0.2) is 5.82 Å². The molecular formula is C23H24N6O3. The van der Waals surface area contributed by atoms with E-state index in [1.165, 1.54) is 0 Å². The van der Waals surface area contributed by atoms with Gasteiger partial charge in [-0.15, -0.1) is 0 Å². The molecule has 1 aliphatic rings. The lowest BCUT2D eigenvalue weighted by Gasteiger charge is -2.14. The molecule has 1 aliphatic heterocycles. The second-order valence-corrected chi connectivity index (χ2v) is 7.92. The first-order valence-corrected chi connectivity index (χ1v) is 10.4. The van der Waals surface area contributed by atoms with Crippen molar-refractivity contribution in [3.63, 3.8) is 0 Å². The Morgan fingerprint density at radius 1 is 1.09 bits per heavy atom. The molecule has 0 saturated carbocycles. The maximum absolute atomic E-state index is 12.4. The molecule has 9 heteroatoms. The molecular weight excluding hydrogens is 408 g/mol. The van der Waals surface area contributed by atoms with Crippen LogP contribution in [0.1, 0.15) is 48.8 Å². The topological polar surface area (TPSA) is 129 Å². The predicted octanol–water partition coefficient (Wildman–Crippen LogP) is 3.06. The molecule has 3 amide bonds. The van der Waals surface area contributed by atoms with Crippen LogP contribution in [0.3, 0.4) is 0 Å². The summed E-state index contributed by atoms with van der Waals surface area (Å²) in [5, 5.41) is 15.4. The molecule has 9 nitrogen and oxygen atoms in total. The molecule has 0 saturated heterocycles. The van der Waals surface area contributed by atoms with Gasteiger partial charge in [-0.2, -0.15) is 5.10 Å². The highest BCUT2D eigenvalue weighted by molar-refractivity contribution is 6.10. The monoisotopic (exact) mass is 432 g/mol. The van der Waals surface area contributed by atoms with E-state index in [1.807, 2.05) is 26.0 Å². The van der Waals surface area contributed by atoms with E-state index in [0.29, 0.717) is 22.8 Å². The molecule has 3 aromatic rings. The number of carbonyl (C=O) groups excluding carboxylic acids is 3. The zero-order valence-electron chi connectivity index (χ0n) is 17.8. The van der Waals surface area contributed by atoms with Gasteiger partial charge >= 0.3 is 0 Å². The molecule has 0 aliphatic carbocycles. The van der Waals surface area contributed by atoms with Gasteiger partial charge < -0.3 is 16.0 Å². The molecule has 0 bridgehead atoms. The molecule has 4 N–H and O–H groups in total. The first-order valence-electron chi connectivity index (χ1n) is 10.4. The second kappa shape index (κ2) is 9.01. The van der Waals surface area contributed by atoms with Gasteiger partial charge in [0.2, 0.25) is 11.8 Å². The SMILES string of the molecule is CC(C)c1nc(-c2ccc(NC(=O)CC[C@H]3NC(=O)c4ccccc4NC3=O)cc2)n[nH]1. The predicted molar refractivity (Wildman–Crippen MR) is 120 cm³/mol. The standard InChI is InChI=1S/C23H24N6O3/c1-13(2)20-27-21(29-28-20)14-7-9-15(10-8-14)24-19(30)12-11-18-23(32)25-17-6-4-3-5-16(17)22(31)26-18/h3-10,13,18H,11-12H2,1-2H3,(H,24,30)(H,25,32)(H,26,31)(H,27,28,29)/t18-/m1/s1. The van der Waals surface area contributed by atoms with Gasteiger partial charge in [0.05, 0.1) is 11.3 Å². The Morgan fingerprint density at radius 2 is 1.84 bits per heavy atom. The van der Waals surface area contributed by atoms with Crippen molar-refractivity contribution in [2.75, 3.05) is 10.6 Å². The fraction of sp³-hybridized carbons (Fsp3) is 0.261. The summed E-state index contributed by atoms with van der Waals surface area (Å²) in [7, 11) is 0. The normalized spacial score (nSPS) is 15.5. The average molecular weight is 432 g/mol. The zero-order valence-corrected chi connectivity index (χ0v) is 17.8. The number of para-hydroxylation sites is 1. The second-order valence-electron chi connectivity index (χ2n) is 7.92. The van der Waals surface area contributed by atoms with E-state index in [1.54, 1.807) is 36.4 Å². The lowest BCUT2D eigenvalue weighted by molar-refractivity contribution is -0.118. The highest BCUT2D eigenvalue weighted by atomic mass is 16.2. The van der Waals surface area contributed by atoms with Crippen molar-refractivity contribution in [3.8, 4) is 11.4 Å². The van der Waals surface area contributed by atoms with Gasteiger partial charge in [-0.3, -0.25) is 19.5 Å². The number of nitrogens with zero attached hydrogens (tertiary/aromatic N) is 2. The average Bonchev–Trinajstić information content (AvgIpc) is 3.24. The number of anilines is 2. The molecule has 0 spiro atoms. The van der Waals surface area contributed by atoms with E-state index in [2.05, 4.69) is 31.1 Å². The van der Waals surface area contributed by atoms with E-state index >= 15 is 0 Å². The van der Waals surface area contributed by atoms with Crippen molar-refractivity contribution in [3.05, 3.63) is 59.9 Å². The first-order chi connectivity index (χ1) is 15.4. The minimum Gasteiger partial charge on any atom is -0.340 e. The van der Waals surface area contributed by atoms with Crippen LogP contribution < -0.4 is 16.0 Å². The van der Waals surface area contributed by atoms with Crippen molar-refractivity contribution in [2.24, 2.45) is 0 Å². The Morgan fingerprint density at radius 3 is 2.56 bits per heavy atom. The fourth-order valence-electron chi connectivity index (χ4n) is 3.38. The Labute approximate surface area is 185 Å². The van der Waals surface area contributed by atoms with Crippen molar-refractivity contribution < 1.29 is 14.4 Å². The molecule has 2 aromatic carbocycles. The molecule has 164 valence electrons. The van der Waals surface area contributed by atoms with E-state index in [9.17, 15) is 14.4 Å².